The number of rotatable bonds is 2. The topological polar surface area (TPSA) is 76.7 Å². The zero-order valence-corrected chi connectivity index (χ0v) is 10.0. The molecular formula is C13H13N3O. The Morgan fingerprint density at radius 1 is 1.35 bits per heavy atom. The van der Waals surface area contributed by atoms with E-state index in [-0.39, 0.29) is 0 Å². The van der Waals surface area contributed by atoms with E-state index >= 15 is 0 Å². The highest BCUT2D eigenvalue weighted by molar-refractivity contribution is 5.97. The molecule has 0 spiro atoms. The fourth-order valence-electron chi connectivity index (χ4n) is 1.25. The van der Waals surface area contributed by atoms with Crippen LogP contribution in [0.15, 0.2) is 18.2 Å². The molecule has 1 aromatic rings. The lowest BCUT2D eigenvalue weighted by Crippen LogP contribution is -2.29. The summed E-state index contributed by atoms with van der Waals surface area (Å²) < 4.78 is 0. The second kappa shape index (κ2) is 4.67. The van der Waals surface area contributed by atoms with Gasteiger partial charge in [-0.3, -0.25) is 4.79 Å². The van der Waals surface area contributed by atoms with E-state index < -0.39 is 11.3 Å². The lowest BCUT2D eigenvalue weighted by molar-refractivity contribution is -0.121. The number of benzene rings is 1. The Balaban J connectivity index is 3.07. The second-order valence-corrected chi connectivity index (χ2v) is 4.30. The number of carbonyl (C=O) groups excluding carboxylic acids is 1. The zero-order valence-electron chi connectivity index (χ0n) is 10.0. The van der Waals surface area contributed by atoms with E-state index in [1.165, 1.54) is 13.8 Å². The van der Waals surface area contributed by atoms with Gasteiger partial charge in [-0.25, -0.2) is 0 Å². The van der Waals surface area contributed by atoms with E-state index in [9.17, 15) is 4.79 Å². The van der Waals surface area contributed by atoms with E-state index in [1.807, 2.05) is 12.1 Å². The van der Waals surface area contributed by atoms with Crippen LogP contribution in [0.25, 0.3) is 0 Å². The molecule has 0 bridgehead atoms. The third kappa shape index (κ3) is 2.62. The molecule has 0 saturated carbocycles. The largest absolute Gasteiger partial charge is 0.324 e. The number of nitrogens with zero attached hydrogens (tertiary/aromatic N) is 2. The Morgan fingerprint density at radius 3 is 2.53 bits per heavy atom. The minimum absolute atomic E-state index is 0.415. The third-order valence-corrected chi connectivity index (χ3v) is 2.48. The van der Waals surface area contributed by atoms with Crippen molar-refractivity contribution in [3.8, 4) is 12.1 Å². The quantitative estimate of drug-likeness (QED) is 0.842. The van der Waals surface area contributed by atoms with Gasteiger partial charge in [-0.15, -0.1) is 0 Å². The fraction of sp³-hybridized carbons (Fsp3) is 0.308. The maximum absolute atomic E-state index is 11.8. The summed E-state index contributed by atoms with van der Waals surface area (Å²) in [5, 5.41) is 20.5. The molecule has 0 aromatic heterocycles. The molecule has 0 heterocycles. The van der Waals surface area contributed by atoms with E-state index in [0.29, 0.717) is 11.3 Å². The minimum atomic E-state index is -1.11. The lowest BCUT2D eigenvalue weighted by atomic mass is 9.94. The van der Waals surface area contributed by atoms with Crippen LogP contribution in [-0.2, 0) is 4.79 Å². The van der Waals surface area contributed by atoms with Crippen molar-refractivity contribution in [1.82, 2.24) is 0 Å². The van der Waals surface area contributed by atoms with E-state index in [2.05, 4.69) is 5.32 Å². The fourth-order valence-corrected chi connectivity index (χ4v) is 1.25. The molecule has 0 aliphatic carbocycles. The van der Waals surface area contributed by atoms with Gasteiger partial charge < -0.3 is 5.32 Å². The molecule has 0 aliphatic heterocycles. The normalized spacial score (nSPS) is 10.2. The highest BCUT2D eigenvalue weighted by atomic mass is 16.2. The van der Waals surface area contributed by atoms with Crippen LogP contribution in [0.4, 0.5) is 5.69 Å². The van der Waals surface area contributed by atoms with Crippen LogP contribution in [0.1, 0.15) is 25.0 Å². The summed E-state index contributed by atoms with van der Waals surface area (Å²) in [5.41, 5.74) is 0.548. The molecule has 17 heavy (non-hydrogen) atoms. The average Bonchev–Trinajstić information content (AvgIpc) is 2.29. The summed E-state index contributed by atoms with van der Waals surface area (Å²) in [7, 11) is 0. The van der Waals surface area contributed by atoms with Crippen molar-refractivity contribution < 1.29 is 4.79 Å². The average molecular weight is 227 g/mol. The maximum Gasteiger partial charge on any atom is 0.244 e. The van der Waals surface area contributed by atoms with Gasteiger partial charge in [0.2, 0.25) is 5.91 Å². The van der Waals surface area contributed by atoms with E-state index in [4.69, 9.17) is 10.5 Å². The van der Waals surface area contributed by atoms with Crippen LogP contribution < -0.4 is 5.32 Å². The van der Waals surface area contributed by atoms with Crippen LogP contribution in [0.3, 0.4) is 0 Å². The van der Waals surface area contributed by atoms with Crippen LogP contribution in [0.2, 0.25) is 0 Å². The first-order valence-corrected chi connectivity index (χ1v) is 5.15. The maximum atomic E-state index is 11.8. The van der Waals surface area contributed by atoms with Crippen molar-refractivity contribution in [2.24, 2.45) is 5.41 Å². The summed E-state index contributed by atoms with van der Waals surface area (Å²) in [6.07, 6.45) is 0. The van der Waals surface area contributed by atoms with Gasteiger partial charge in [-0.1, -0.05) is 12.1 Å². The zero-order chi connectivity index (χ0) is 13.1. The van der Waals surface area contributed by atoms with Gasteiger partial charge >= 0.3 is 0 Å². The molecule has 0 unspecified atom stereocenters. The Labute approximate surface area is 100 Å². The van der Waals surface area contributed by atoms with Gasteiger partial charge in [0, 0.05) is 0 Å². The molecule has 4 heteroatoms. The number of anilines is 1. The molecule has 1 aromatic carbocycles. The van der Waals surface area contributed by atoms with Crippen molar-refractivity contribution in [2.45, 2.75) is 20.8 Å². The molecule has 1 N–H and O–H groups in total. The molecule has 0 aliphatic rings. The van der Waals surface area contributed by atoms with Crippen LogP contribution in [-0.4, -0.2) is 5.91 Å². The summed E-state index contributed by atoms with van der Waals surface area (Å²) in [6.45, 7) is 4.86. The Morgan fingerprint density at radius 2 is 2.00 bits per heavy atom. The predicted molar refractivity (Wildman–Crippen MR) is 63.9 cm³/mol. The number of nitrogens with one attached hydrogen (secondary N) is 1. The number of amides is 1. The summed E-state index contributed by atoms with van der Waals surface area (Å²) in [6, 6.07) is 9.16. The standard InChI is InChI=1S/C13H13N3O/c1-9-5-4-6-11(10(9)7-14)16-12(17)13(2,3)8-15/h4-6H,1-3H3,(H,16,17). The van der Waals surface area contributed by atoms with Crippen molar-refractivity contribution in [2.75, 3.05) is 5.32 Å². The number of aryl methyl sites for hydroxylation is 1. The highest BCUT2D eigenvalue weighted by Crippen LogP contribution is 2.22. The molecule has 4 nitrogen and oxygen atoms in total. The minimum Gasteiger partial charge on any atom is -0.324 e. The number of carbonyl (C=O) groups is 1. The molecule has 86 valence electrons. The Hall–Kier alpha value is -2.33. The first-order chi connectivity index (χ1) is 7.92. The number of nitriles is 2. The number of hydrogen-bond donors (Lipinski definition) is 1. The Bertz CT molecular complexity index is 533. The van der Waals surface area contributed by atoms with Gasteiger partial charge in [0.15, 0.2) is 0 Å². The summed E-state index contributed by atoms with van der Waals surface area (Å²) >= 11 is 0. The SMILES string of the molecule is Cc1cccc(NC(=O)C(C)(C)C#N)c1C#N. The van der Waals surface area contributed by atoms with Crippen molar-refractivity contribution in [3.05, 3.63) is 29.3 Å². The first-order valence-electron chi connectivity index (χ1n) is 5.15. The lowest BCUT2D eigenvalue weighted by Gasteiger charge is -2.16. The molecule has 0 atom stereocenters. The van der Waals surface area contributed by atoms with Crippen molar-refractivity contribution in [1.29, 1.82) is 10.5 Å². The molecule has 0 saturated heterocycles. The monoisotopic (exact) mass is 227 g/mol. The van der Waals surface area contributed by atoms with E-state index in [1.54, 1.807) is 25.1 Å². The summed E-state index contributed by atoms with van der Waals surface area (Å²) in [5.74, 6) is -0.415. The van der Waals surface area contributed by atoms with Gasteiger partial charge in [0.25, 0.3) is 0 Å². The van der Waals surface area contributed by atoms with Gasteiger partial charge in [0.05, 0.1) is 17.3 Å². The van der Waals surface area contributed by atoms with Crippen LogP contribution in [0.5, 0.6) is 0 Å². The van der Waals surface area contributed by atoms with Gasteiger partial charge in [-0.05, 0) is 32.4 Å². The van der Waals surface area contributed by atoms with Crippen molar-refractivity contribution >= 4 is 11.6 Å². The van der Waals surface area contributed by atoms with E-state index in [0.717, 1.165) is 5.56 Å². The van der Waals surface area contributed by atoms with Crippen LogP contribution >= 0.6 is 0 Å². The number of hydrogen-bond acceptors (Lipinski definition) is 3. The molecule has 1 amide bonds. The molecular weight excluding hydrogens is 214 g/mol. The first kappa shape index (κ1) is 12.7. The smallest absolute Gasteiger partial charge is 0.244 e. The third-order valence-electron chi connectivity index (χ3n) is 2.48. The molecule has 0 radical (unpaired) electrons. The highest BCUT2D eigenvalue weighted by Gasteiger charge is 2.27. The van der Waals surface area contributed by atoms with Gasteiger partial charge in [0.1, 0.15) is 11.5 Å². The Kier molecular flexibility index (Phi) is 3.50. The van der Waals surface area contributed by atoms with Crippen LogP contribution in [0, 0.1) is 35.0 Å². The molecule has 0 fully saturated rings. The summed E-state index contributed by atoms with van der Waals surface area (Å²) in [4.78, 5) is 11.8. The van der Waals surface area contributed by atoms with Gasteiger partial charge in [-0.2, -0.15) is 10.5 Å². The predicted octanol–water partition coefficient (Wildman–Crippen LogP) is 2.35. The van der Waals surface area contributed by atoms with Crippen molar-refractivity contribution in [3.63, 3.8) is 0 Å². The second-order valence-electron chi connectivity index (χ2n) is 4.30. The molecule has 1 rings (SSSR count).